The molecule has 0 aromatic heterocycles. The Bertz CT molecular complexity index is 583. The van der Waals surface area contributed by atoms with Gasteiger partial charge in [-0.25, -0.2) is 0 Å². The number of hydrogen-bond acceptors (Lipinski definition) is 2. The molecule has 0 radical (unpaired) electrons. The maximum atomic E-state index is 6.31. The lowest BCUT2D eigenvalue weighted by molar-refractivity contribution is 0.821. The van der Waals surface area contributed by atoms with Crippen molar-refractivity contribution < 1.29 is 0 Å². The topological polar surface area (TPSA) is 26.0 Å². The molecule has 0 heterocycles. The lowest BCUT2D eigenvalue weighted by atomic mass is 10.0. The van der Waals surface area contributed by atoms with Crippen LogP contribution < -0.4 is 5.73 Å². The number of thioether (sulfide) groups is 1. The van der Waals surface area contributed by atoms with Crippen molar-refractivity contribution in [2.45, 2.75) is 25.6 Å². The van der Waals surface area contributed by atoms with Gasteiger partial charge >= 0.3 is 0 Å². The van der Waals surface area contributed by atoms with Crippen molar-refractivity contribution in [1.82, 2.24) is 0 Å². The first-order valence-electron chi connectivity index (χ1n) is 6.72. The van der Waals surface area contributed by atoms with Gasteiger partial charge in [-0.05, 0) is 36.6 Å². The molecule has 0 aliphatic heterocycles. The highest BCUT2D eigenvalue weighted by Gasteiger charge is 2.10. The summed E-state index contributed by atoms with van der Waals surface area (Å²) in [6.45, 7) is 4.22. The highest BCUT2D eigenvalue weighted by molar-refractivity contribution is 7.98. The smallest absolute Gasteiger partial charge is 0.0446 e. The number of rotatable bonds is 5. The predicted octanol–water partition coefficient (Wildman–Crippen LogP) is 4.89. The average Bonchev–Trinajstić information content (AvgIpc) is 2.43. The van der Waals surface area contributed by atoms with E-state index in [1.807, 2.05) is 30.0 Å². The summed E-state index contributed by atoms with van der Waals surface area (Å²) in [5, 5.41) is 0.834. The first-order valence-corrected chi connectivity index (χ1v) is 8.25. The van der Waals surface area contributed by atoms with Gasteiger partial charge in [0, 0.05) is 22.6 Å². The van der Waals surface area contributed by atoms with Crippen molar-refractivity contribution in [2.75, 3.05) is 5.75 Å². The summed E-state index contributed by atoms with van der Waals surface area (Å²) in [7, 11) is 0. The average molecular weight is 306 g/mol. The zero-order valence-electron chi connectivity index (χ0n) is 11.9. The van der Waals surface area contributed by atoms with Gasteiger partial charge in [-0.2, -0.15) is 11.8 Å². The summed E-state index contributed by atoms with van der Waals surface area (Å²) in [5.74, 6) is 1.80. The second-order valence-corrected chi connectivity index (χ2v) is 6.51. The molecule has 1 unspecified atom stereocenters. The lowest BCUT2D eigenvalue weighted by Crippen LogP contribution is -2.14. The van der Waals surface area contributed by atoms with Crippen LogP contribution in [0.5, 0.6) is 0 Å². The Morgan fingerprint density at radius 3 is 2.65 bits per heavy atom. The molecule has 0 saturated carbocycles. The Morgan fingerprint density at radius 1 is 1.15 bits per heavy atom. The molecule has 0 aliphatic rings. The van der Waals surface area contributed by atoms with Gasteiger partial charge in [-0.1, -0.05) is 53.6 Å². The Morgan fingerprint density at radius 2 is 1.90 bits per heavy atom. The largest absolute Gasteiger partial charge is 0.323 e. The Hall–Kier alpha value is -0.960. The van der Waals surface area contributed by atoms with Gasteiger partial charge in [0.15, 0.2) is 0 Å². The fourth-order valence-electron chi connectivity index (χ4n) is 2.16. The summed E-state index contributed by atoms with van der Waals surface area (Å²) in [5.41, 5.74) is 11.3. The minimum absolute atomic E-state index is 0.0717. The molecule has 20 heavy (non-hydrogen) atoms. The van der Waals surface area contributed by atoms with E-state index in [1.165, 1.54) is 22.3 Å². The molecule has 0 fully saturated rings. The number of nitrogens with two attached hydrogens (primary N) is 1. The van der Waals surface area contributed by atoms with E-state index in [0.29, 0.717) is 0 Å². The van der Waals surface area contributed by atoms with Gasteiger partial charge in [0.1, 0.15) is 0 Å². The monoisotopic (exact) mass is 305 g/mol. The third kappa shape index (κ3) is 4.02. The van der Waals surface area contributed by atoms with E-state index in [-0.39, 0.29) is 6.04 Å². The van der Waals surface area contributed by atoms with Crippen LogP contribution in [0.2, 0.25) is 5.02 Å². The Balaban J connectivity index is 1.94. The molecule has 3 heteroatoms. The van der Waals surface area contributed by atoms with Crippen LogP contribution in [0, 0.1) is 13.8 Å². The van der Waals surface area contributed by atoms with Gasteiger partial charge in [-0.15, -0.1) is 0 Å². The molecule has 1 atom stereocenters. The van der Waals surface area contributed by atoms with E-state index in [0.717, 1.165) is 16.5 Å². The van der Waals surface area contributed by atoms with Gasteiger partial charge in [0.2, 0.25) is 0 Å². The van der Waals surface area contributed by atoms with Crippen molar-refractivity contribution in [1.29, 1.82) is 0 Å². The molecular weight excluding hydrogens is 286 g/mol. The summed E-state index contributed by atoms with van der Waals surface area (Å²) in [6.07, 6.45) is 0. The van der Waals surface area contributed by atoms with Crippen LogP contribution in [0.4, 0.5) is 0 Å². The molecule has 2 rings (SSSR count). The van der Waals surface area contributed by atoms with E-state index in [2.05, 4.69) is 38.1 Å². The first-order chi connectivity index (χ1) is 9.58. The van der Waals surface area contributed by atoms with E-state index in [4.69, 9.17) is 17.3 Å². The van der Waals surface area contributed by atoms with E-state index in [9.17, 15) is 0 Å². The second kappa shape index (κ2) is 7.16. The van der Waals surface area contributed by atoms with Gasteiger partial charge in [0.25, 0.3) is 0 Å². The normalized spacial score (nSPS) is 12.4. The molecule has 0 amide bonds. The summed E-state index contributed by atoms with van der Waals surface area (Å²) in [4.78, 5) is 0. The zero-order chi connectivity index (χ0) is 14.5. The van der Waals surface area contributed by atoms with Crippen molar-refractivity contribution in [3.8, 4) is 0 Å². The molecule has 0 bridgehead atoms. The minimum Gasteiger partial charge on any atom is -0.323 e. The van der Waals surface area contributed by atoms with Crippen LogP contribution in [-0.4, -0.2) is 5.75 Å². The van der Waals surface area contributed by atoms with Crippen molar-refractivity contribution in [2.24, 2.45) is 5.73 Å². The van der Waals surface area contributed by atoms with Crippen molar-refractivity contribution in [3.63, 3.8) is 0 Å². The number of aryl methyl sites for hydroxylation is 2. The quantitative estimate of drug-likeness (QED) is 0.851. The molecule has 0 saturated heterocycles. The van der Waals surface area contributed by atoms with Crippen LogP contribution >= 0.6 is 23.4 Å². The molecular formula is C17H20ClNS. The predicted molar refractivity (Wildman–Crippen MR) is 90.5 cm³/mol. The number of benzene rings is 2. The van der Waals surface area contributed by atoms with Crippen molar-refractivity contribution >= 4 is 23.4 Å². The molecule has 1 nitrogen and oxygen atoms in total. The zero-order valence-corrected chi connectivity index (χ0v) is 13.5. The van der Waals surface area contributed by atoms with Crippen LogP contribution in [-0.2, 0) is 5.75 Å². The lowest BCUT2D eigenvalue weighted by Gasteiger charge is -2.15. The molecule has 0 aliphatic carbocycles. The van der Waals surface area contributed by atoms with E-state index >= 15 is 0 Å². The molecule has 0 spiro atoms. The van der Waals surface area contributed by atoms with Gasteiger partial charge < -0.3 is 5.73 Å². The van der Waals surface area contributed by atoms with Gasteiger partial charge in [-0.3, -0.25) is 0 Å². The fraction of sp³-hybridized carbons (Fsp3) is 0.294. The Kier molecular flexibility index (Phi) is 5.53. The maximum absolute atomic E-state index is 6.31. The Labute approximate surface area is 130 Å². The third-order valence-corrected chi connectivity index (χ3v) is 4.83. The first kappa shape index (κ1) is 15.4. The standard InChI is InChI=1S/C17H20ClNS/c1-12-7-8-13(2)15(9-12)17(19)11-20-10-14-5-3-4-6-16(14)18/h3-9,17H,10-11,19H2,1-2H3. The van der Waals surface area contributed by atoms with Gasteiger partial charge in [0.05, 0.1) is 0 Å². The van der Waals surface area contributed by atoms with Crippen molar-refractivity contribution in [3.05, 3.63) is 69.7 Å². The fourth-order valence-corrected chi connectivity index (χ4v) is 3.47. The second-order valence-electron chi connectivity index (χ2n) is 5.07. The molecule has 2 aromatic carbocycles. The highest BCUT2D eigenvalue weighted by atomic mass is 35.5. The maximum Gasteiger partial charge on any atom is 0.0446 e. The van der Waals surface area contributed by atoms with Crippen LogP contribution in [0.1, 0.15) is 28.3 Å². The number of hydrogen-bond donors (Lipinski definition) is 1. The molecule has 106 valence electrons. The van der Waals surface area contributed by atoms with E-state index < -0.39 is 0 Å². The van der Waals surface area contributed by atoms with Crippen LogP contribution in [0.3, 0.4) is 0 Å². The summed E-state index contributed by atoms with van der Waals surface area (Å²) < 4.78 is 0. The molecule has 2 N–H and O–H groups in total. The van der Waals surface area contributed by atoms with Crippen LogP contribution in [0.25, 0.3) is 0 Å². The molecule has 2 aromatic rings. The van der Waals surface area contributed by atoms with Crippen LogP contribution in [0.15, 0.2) is 42.5 Å². The highest BCUT2D eigenvalue weighted by Crippen LogP contribution is 2.25. The SMILES string of the molecule is Cc1ccc(C)c(C(N)CSCc2ccccc2Cl)c1. The third-order valence-electron chi connectivity index (χ3n) is 3.35. The van der Waals surface area contributed by atoms with E-state index in [1.54, 1.807) is 0 Å². The summed E-state index contributed by atoms with van der Waals surface area (Å²) >= 11 is 7.99. The summed E-state index contributed by atoms with van der Waals surface area (Å²) in [6, 6.07) is 14.5. The minimum atomic E-state index is 0.0717. The number of halogens is 1.